The summed E-state index contributed by atoms with van der Waals surface area (Å²) in [7, 11) is 0. The zero-order valence-electron chi connectivity index (χ0n) is 9.95. The van der Waals surface area contributed by atoms with Gasteiger partial charge in [-0.3, -0.25) is 0 Å². The van der Waals surface area contributed by atoms with Gasteiger partial charge in [0.25, 0.3) is 0 Å². The zero-order chi connectivity index (χ0) is 14.9. The molecule has 0 radical (unpaired) electrons. The van der Waals surface area contributed by atoms with Crippen molar-refractivity contribution in [2.45, 2.75) is 0 Å². The van der Waals surface area contributed by atoms with Crippen LogP contribution in [0.15, 0.2) is 39.3 Å². The van der Waals surface area contributed by atoms with Crippen molar-refractivity contribution in [1.29, 1.82) is 0 Å². The molecule has 0 saturated carbocycles. The second-order valence-corrected chi connectivity index (χ2v) is 6.16. The Balaban J connectivity index is 2.53. The normalized spacial score (nSPS) is 10.3. The summed E-state index contributed by atoms with van der Waals surface area (Å²) >= 11 is 12.8. The summed E-state index contributed by atoms with van der Waals surface area (Å²) in [5, 5.41) is 12.5. The van der Waals surface area contributed by atoms with Crippen LogP contribution in [0.5, 0.6) is 0 Å². The van der Waals surface area contributed by atoms with E-state index in [0.717, 1.165) is 8.95 Å². The molecule has 0 unspecified atom stereocenters. The van der Waals surface area contributed by atoms with Crippen LogP contribution in [0.3, 0.4) is 0 Å². The molecule has 4 nitrogen and oxygen atoms in total. The van der Waals surface area contributed by atoms with E-state index in [1.54, 1.807) is 0 Å². The molecule has 0 atom stereocenters. The van der Waals surface area contributed by atoms with Crippen LogP contribution in [0.1, 0.15) is 10.4 Å². The van der Waals surface area contributed by atoms with Gasteiger partial charge >= 0.3 is 5.97 Å². The summed E-state index contributed by atoms with van der Waals surface area (Å²) in [5.41, 5.74) is 6.92. The minimum atomic E-state index is -1.10. The maximum Gasteiger partial charge on any atom is 0.337 e. The van der Waals surface area contributed by atoms with Crippen molar-refractivity contribution in [3.63, 3.8) is 0 Å². The number of halogens is 3. The molecule has 2 aromatic carbocycles. The topological polar surface area (TPSA) is 75.3 Å². The van der Waals surface area contributed by atoms with Crippen molar-refractivity contribution in [2.24, 2.45) is 0 Å². The molecular formula is C13H9Br2ClN2O2. The fraction of sp³-hybridized carbons (Fsp3) is 0. The number of carboxylic acid groups (broad SMARTS) is 1. The summed E-state index contributed by atoms with van der Waals surface area (Å²) in [6.07, 6.45) is 0. The Morgan fingerprint density at radius 3 is 2.60 bits per heavy atom. The van der Waals surface area contributed by atoms with Gasteiger partial charge in [-0.1, -0.05) is 27.5 Å². The summed E-state index contributed by atoms with van der Waals surface area (Å²) in [4.78, 5) is 11.3. The summed E-state index contributed by atoms with van der Waals surface area (Å²) in [5.74, 6) is -1.10. The number of nitrogens with two attached hydrogens (primary N) is 1. The predicted octanol–water partition coefficient (Wildman–Crippen LogP) is 4.89. The second kappa shape index (κ2) is 6.03. The van der Waals surface area contributed by atoms with Gasteiger partial charge in [-0.05, 0) is 46.3 Å². The van der Waals surface area contributed by atoms with Gasteiger partial charge in [0.15, 0.2) is 0 Å². The molecule has 20 heavy (non-hydrogen) atoms. The van der Waals surface area contributed by atoms with Crippen molar-refractivity contribution < 1.29 is 9.90 Å². The molecule has 0 amide bonds. The third-order valence-electron chi connectivity index (χ3n) is 2.53. The van der Waals surface area contributed by atoms with E-state index in [0.29, 0.717) is 17.1 Å². The second-order valence-electron chi connectivity index (χ2n) is 3.98. The lowest BCUT2D eigenvalue weighted by Crippen LogP contribution is -2.05. The molecule has 0 saturated heterocycles. The predicted molar refractivity (Wildman–Crippen MR) is 87.9 cm³/mol. The van der Waals surface area contributed by atoms with Crippen molar-refractivity contribution in [2.75, 3.05) is 11.1 Å². The smallest absolute Gasteiger partial charge is 0.337 e. The SMILES string of the molecule is Nc1cc(Cl)c(Nc2cc(Br)ccc2Br)c(C(=O)O)c1. The number of anilines is 3. The van der Waals surface area contributed by atoms with Gasteiger partial charge in [0, 0.05) is 14.6 Å². The summed E-state index contributed by atoms with van der Waals surface area (Å²) in [6.45, 7) is 0. The molecule has 2 aromatic rings. The number of benzene rings is 2. The van der Waals surface area contributed by atoms with Crippen LogP contribution in [-0.2, 0) is 0 Å². The Labute approximate surface area is 137 Å². The maximum atomic E-state index is 11.3. The molecular weight excluding hydrogens is 411 g/mol. The lowest BCUT2D eigenvalue weighted by molar-refractivity contribution is 0.0698. The number of carboxylic acids is 1. The molecule has 0 spiro atoms. The number of nitrogen functional groups attached to an aromatic ring is 1. The van der Waals surface area contributed by atoms with Gasteiger partial charge in [-0.25, -0.2) is 4.79 Å². The summed E-state index contributed by atoms with van der Waals surface area (Å²) < 4.78 is 1.64. The van der Waals surface area contributed by atoms with Crippen molar-refractivity contribution in [3.8, 4) is 0 Å². The third kappa shape index (κ3) is 3.26. The van der Waals surface area contributed by atoms with Gasteiger partial charge < -0.3 is 16.2 Å². The molecule has 0 aliphatic carbocycles. The van der Waals surface area contributed by atoms with E-state index in [1.807, 2.05) is 18.2 Å². The number of rotatable bonds is 3. The molecule has 4 N–H and O–H groups in total. The fourth-order valence-electron chi connectivity index (χ4n) is 1.65. The van der Waals surface area contributed by atoms with E-state index < -0.39 is 5.97 Å². The lowest BCUT2D eigenvalue weighted by atomic mass is 10.1. The van der Waals surface area contributed by atoms with Crippen LogP contribution in [-0.4, -0.2) is 11.1 Å². The highest BCUT2D eigenvalue weighted by molar-refractivity contribution is 9.11. The van der Waals surface area contributed by atoms with Gasteiger partial charge in [-0.2, -0.15) is 0 Å². The van der Waals surface area contributed by atoms with Crippen LogP contribution in [0, 0.1) is 0 Å². The number of aromatic carboxylic acids is 1. The molecule has 0 aromatic heterocycles. The molecule has 0 fully saturated rings. The van der Waals surface area contributed by atoms with Gasteiger partial charge in [0.1, 0.15) is 0 Å². The molecule has 0 aliphatic heterocycles. The maximum absolute atomic E-state index is 11.3. The third-order valence-corrected chi connectivity index (χ3v) is 4.01. The van der Waals surface area contributed by atoms with E-state index in [1.165, 1.54) is 12.1 Å². The van der Waals surface area contributed by atoms with Crippen LogP contribution < -0.4 is 11.1 Å². The Morgan fingerprint density at radius 2 is 1.95 bits per heavy atom. The molecule has 0 bridgehead atoms. The largest absolute Gasteiger partial charge is 0.478 e. The quantitative estimate of drug-likeness (QED) is 0.618. The van der Waals surface area contributed by atoms with Crippen LogP contribution in [0.25, 0.3) is 0 Å². The highest BCUT2D eigenvalue weighted by Gasteiger charge is 2.16. The molecule has 0 heterocycles. The van der Waals surface area contributed by atoms with Crippen molar-refractivity contribution in [3.05, 3.63) is 49.9 Å². The number of nitrogens with one attached hydrogen (secondary N) is 1. The Morgan fingerprint density at radius 1 is 1.25 bits per heavy atom. The highest BCUT2D eigenvalue weighted by atomic mass is 79.9. The van der Waals surface area contributed by atoms with E-state index >= 15 is 0 Å². The van der Waals surface area contributed by atoms with Crippen molar-refractivity contribution in [1.82, 2.24) is 0 Å². The van der Waals surface area contributed by atoms with Crippen LogP contribution in [0.4, 0.5) is 17.1 Å². The summed E-state index contributed by atoms with van der Waals surface area (Å²) in [6, 6.07) is 8.36. The highest BCUT2D eigenvalue weighted by Crippen LogP contribution is 2.35. The van der Waals surface area contributed by atoms with Crippen molar-refractivity contribution >= 4 is 66.5 Å². The van der Waals surface area contributed by atoms with Gasteiger partial charge in [0.05, 0.1) is 22.0 Å². The first-order chi connectivity index (χ1) is 9.38. The van der Waals surface area contributed by atoms with Crippen LogP contribution >= 0.6 is 43.5 Å². The number of hydrogen-bond donors (Lipinski definition) is 3. The number of carbonyl (C=O) groups is 1. The molecule has 7 heteroatoms. The Hall–Kier alpha value is -1.24. The molecule has 0 aliphatic rings. The Kier molecular flexibility index (Phi) is 4.57. The average molecular weight is 420 g/mol. The van der Waals surface area contributed by atoms with Gasteiger partial charge in [-0.15, -0.1) is 0 Å². The Bertz CT molecular complexity index is 692. The van der Waals surface area contributed by atoms with E-state index in [9.17, 15) is 9.90 Å². The van der Waals surface area contributed by atoms with E-state index in [2.05, 4.69) is 37.2 Å². The molecule has 2 rings (SSSR count). The molecule has 104 valence electrons. The lowest BCUT2D eigenvalue weighted by Gasteiger charge is -2.14. The van der Waals surface area contributed by atoms with E-state index in [-0.39, 0.29) is 10.6 Å². The average Bonchev–Trinajstić information content (AvgIpc) is 2.36. The fourth-order valence-corrected chi connectivity index (χ4v) is 2.63. The number of hydrogen-bond acceptors (Lipinski definition) is 3. The first-order valence-corrected chi connectivity index (χ1v) is 7.39. The van der Waals surface area contributed by atoms with E-state index in [4.69, 9.17) is 17.3 Å². The van der Waals surface area contributed by atoms with Crippen LogP contribution in [0.2, 0.25) is 5.02 Å². The monoisotopic (exact) mass is 418 g/mol. The zero-order valence-corrected chi connectivity index (χ0v) is 13.9. The van der Waals surface area contributed by atoms with Gasteiger partial charge in [0.2, 0.25) is 0 Å². The first kappa shape index (κ1) is 15.2. The first-order valence-electron chi connectivity index (χ1n) is 5.43. The minimum Gasteiger partial charge on any atom is -0.478 e. The standard InChI is InChI=1S/C13H9Br2ClN2O2/c14-6-1-2-9(15)11(3-6)18-12-8(13(19)20)4-7(17)5-10(12)16/h1-5,18H,17H2,(H,19,20). The minimum absolute atomic E-state index is 0.0156.